The zero-order chi connectivity index (χ0) is 18.6. The lowest BCUT2D eigenvalue weighted by molar-refractivity contribution is 0.589. The minimum atomic E-state index is 0.556. The predicted molar refractivity (Wildman–Crippen MR) is 113 cm³/mol. The molecule has 0 atom stereocenters. The normalized spacial score (nSPS) is 17.9. The van der Waals surface area contributed by atoms with E-state index in [0.717, 1.165) is 48.0 Å². The molecule has 144 valence electrons. The van der Waals surface area contributed by atoms with E-state index in [4.69, 9.17) is 4.98 Å². The third-order valence-electron chi connectivity index (χ3n) is 5.40. The lowest BCUT2D eigenvalue weighted by Crippen LogP contribution is -2.43. The molecule has 2 aromatic heterocycles. The van der Waals surface area contributed by atoms with E-state index in [0.29, 0.717) is 12.0 Å². The Kier molecular flexibility index (Phi) is 5.73. The van der Waals surface area contributed by atoms with Crippen LogP contribution >= 0.6 is 15.9 Å². The summed E-state index contributed by atoms with van der Waals surface area (Å²) in [6.45, 7) is 4.07. The van der Waals surface area contributed by atoms with E-state index in [2.05, 4.69) is 59.4 Å². The van der Waals surface area contributed by atoms with Gasteiger partial charge in [-0.25, -0.2) is 9.97 Å². The van der Waals surface area contributed by atoms with Gasteiger partial charge in [0.1, 0.15) is 11.6 Å². The van der Waals surface area contributed by atoms with Crippen molar-refractivity contribution >= 4 is 39.2 Å². The van der Waals surface area contributed by atoms with Crippen LogP contribution in [0.15, 0.2) is 29.0 Å². The third-order valence-corrected chi connectivity index (χ3v) is 5.96. The van der Waals surface area contributed by atoms with Gasteiger partial charge in [0.15, 0.2) is 0 Å². The Balaban J connectivity index is 1.46. The third kappa shape index (κ3) is 4.32. The van der Waals surface area contributed by atoms with Crippen molar-refractivity contribution < 1.29 is 0 Å². The summed E-state index contributed by atoms with van der Waals surface area (Å²) in [6, 6.07) is 4.65. The second-order valence-electron chi connectivity index (χ2n) is 7.18. The molecule has 2 N–H and O–H groups in total. The van der Waals surface area contributed by atoms with Gasteiger partial charge in [0.2, 0.25) is 5.95 Å². The van der Waals surface area contributed by atoms with E-state index in [-0.39, 0.29) is 0 Å². The Hall–Kier alpha value is -1.93. The zero-order valence-corrected chi connectivity index (χ0v) is 17.2. The maximum absolute atomic E-state index is 4.72. The van der Waals surface area contributed by atoms with Crippen molar-refractivity contribution in [3.63, 3.8) is 0 Å². The first-order chi connectivity index (χ1) is 13.2. The van der Waals surface area contributed by atoms with Crippen LogP contribution < -0.4 is 20.4 Å². The van der Waals surface area contributed by atoms with Gasteiger partial charge in [0.05, 0.1) is 16.4 Å². The number of halogens is 1. The molecule has 1 aliphatic heterocycles. The van der Waals surface area contributed by atoms with Gasteiger partial charge in [0, 0.05) is 45.5 Å². The van der Waals surface area contributed by atoms with Crippen LogP contribution in [0.5, 0.6) is 0 Å². The minimum absolute atomic E-state index is 0.556. The van der Waals surface area contributed by atoms with E-state index in [1.54, 1.807) is 0 Å². The van der Waals surface area contributed by atoms with Gasteiger partial charge in [0.25, 0.3) is 0 Å². The molecule has 1 saturated heterocycles. The zero-order valence-electron chi connectivity index (χ0n) is 15.7. The smallest absolute Gasteiger partial charge is 0.230 e. The largest absolute Gasteiger partial charge is 0.368 e. The lowest BCUT2D eigenvalue weighted by atomic mass is 10.2. The van der Waals surface area contributed by atoms with Gasteiger partial charge in [-0.2, -0.15) is 4.98 Å². The summed E-state index contributed by atoms with van der Waals surface area (Å²) >= 11 is 3.60. The first-order valence-electron chi connectivity index (χ1n) is 9.65. The number of nitrogens with zero attached hydrogens (tertiary/aromatic N) is 5. The molecule has 0 unspecified atom stereocenters. The van der Waals surface area contributed by atoms with Crippen molar-refractivity contribution in [3.8, 4) is 0 Å². The molecule has 0 amide bonds. The fourth-order valence-electron chi connectivity index (χ4n) is 3.81. The second kappa shape index (κ2) is 8.39. The average Bonchev–Trinajstić information content (AvgIpc) is 3.25. The molecule has 0 bridgehead atoms. The second-order valence-corrected chi connectivity index (χ2v) is 8.03. The van der Waals surface area contributed by atoms with Crippen LogP contribution in [0.3, 0.4) is 0 Å². The Morgan fingerprint density at radius 3 is 2.63 bits per heavy atom. The molecule has 1 saturated carbocycles. The summed E-state index contributed by atoms with van der Waals surface area (Å²) in [4.78, 5) is 18.3. The average molecular weight is 432 g/mol. The molecule has 2 aliphatic rings. The Morgan fingerprint density at radius 2 is 1.93 bits per heavy atom. The van der Waals surface area contributed by atoms with Gasteiger partial charge < -0.3 is 20.4 Å². The first-order valence-corrected chi connectivity index (χ1v) is 10.4. The molecule has 3 heterocycles. The van der Waals surface area contributed by atoms with Crippen molar-refractivity contribution in [2.45, 2.75) is 31.7 Å². The van der Waals surface area contributed by atoms with E-state index >= 15 is 0 Å². The number of hydrogen-bond donors (Lipinski definition) is 2. The highest BCUT2D eigenvalue weighted by Crippen LogP contribution is 2.31. The molecule has 4 rings (SSSR count). The molecule has 0 radical (unpaired) electrons. The molecule has 2 fully saturated rings. The number of hydrogen-bond acceptors (Lipinski definition) is 7. The molecular formula is C19H26BrN7. The minimum Gasteiger partial charge on any atom is -0.368 e. The summed E-state index contributed by atoms with van der Waals surface area (Å²) < 4.78 is 0.921. The molecule has 0 spiro atoms. The van der Waals surface area contributed by atoms with E-state index < -0.39 is 0 Å². The van der Waals surface area contributed by atoms with Crippen molar-refractivity contribution in [2.24, 2.45) is 0 Å². The summed E-state index contributed by atoms with van der Waals surface area (Å²) in [5.41, 5.74) is 1.15. The van der Waals surface area contributed by atoms with Gasteiger partial charge in [-0.3, -0.25) is 0 Å². The highest BCUT2D eigenvalue weighted by molar-refractivity contribution is 9.10. The van der Waals surface area contributed by atoms with Crippen LogP contribution in [0.2, 0.25) is 0 Å². The molecule has 1 aliphatic carbocycles. The van der Waals surface area contributed by atoms with Crippen LogP contribution in [0.4, 0.5) is 23.3 Å². The van der Waals surface area contributed by atoms with Crippen molar-refractivity contribution in [1.29, 1.82) is 0 Å². The fraction of sp³-hybridized carbons (Fsp3) is 0.526. The van der Waals surface area contributed by atoms with Gasteiger partial charge in [-0.05, 0) is 40.9 Å². The molecule has 8 heteroatoms. The molecule has 2 aromatic rings. The Morgan fingerprint density at radius 1 is 1.15 bits per heavy atom. The number of anilines is 4. The summed E-state index contributed by atoms with van der Waals surface area (Å²) in [6.07, 6.45) is 8.77. The lowest BCUT2D eigenvalue weighted by Gasteiger charge is -2.29. The van der Waals surface area contributed by atoms with Crippen molar-refractivity contribution in [1.82, 2.24) is 20.3 Å². The van der Waals surface area contributed by atoms with Crippen LogP contribution in [-0.4, -0.2) is 54.2 Å². The van der Waals surface area contributed by atoms with E-state index in [9.17, 15) is 0 Å². The summed E-state index contributed by atoms with van der Waals surface area (Å²) in [5, 5.41) is 6.60. The van der Waals surface area contributed by atoms with E-state index in [1.165, 1.54) is 25.7 Å². The standard InChI is InChI=1S/C19H26BrN7/c1-26(14-4-2-3-5-14)18-16(20)13-23-19(25-18)24-17-7-6-15(12-22-17)27-10-8-21-9-11-27/h6-7,12-14,21H,2-5,8-11H2,1H3,(H,22,23,24,25). The maximum atomic E-state index is 4.72. The Labute approximate surface area is 168 Å². The predicted octanol–water partition coefficient (Wildman–Crippen LogP) is 3.17. The Bertz CT molecular complexity index is 755. The SMILES string of the molecule is CN(c1nc(Nc2ccc(N3CCNCC3)cn2)ncc1Br)C1CCCC1. The van der Waals surface area contributed by atoms with Crippen LogP contribution in [0, 0.1) is 0 Å². The highest BCUT2D eigenvalue weighted by Gasteiger charge is 2.22. The first kappa shape index (κ1) is 18.4. The summed E-state index contributed by atoms with van der Waals surface area (Å²) in [7, 11) is 2.12. The number of pyridine rings is 1. The number of rotatable bonds is 5. The number of aromatic nitrogens is 3. The summed E-state index contributed by atoms with van der Waals surface area (Å²) in [5.74, 6) is 2.25. The number of piperazine rings is 1. The van der Waals surface area contributed by atoms with Gasteiger partial charge in [-0.1, -0.05) is 12.8 Å². The maximum Gasteiger partial charge on any atom is 0.230 e. The van der Waals surface area contributed by atoms with Crippen molar-refractivity contribution in [2.75, 3.05) is 48.3 Å². The van der Waals surface area contributed by atoms with Crippen LogP contribution in [-0.2, 0) is 0 Å². The molecule has 27 heavy (non-hydrogen) atoms. The van der Waals surface area contributed by atoms with Crippen LogP contribution in [0.25, 0.3) is 0 Å². The molecule has 7 nitrogen and oxygen atoms in total. The monoisotopic (exact) mass is 431 g/mol. The van der Waals surface area contributed by atoms with E-state index in [1.807, 2.05) is 18.5 Å². The topological polar surface area (TPSA) is 69.2 Å². The van der Waals surface area contributed by atoms with Gasteiger partial charge in [-0.15, -0.1) is 0 Å². The molecular weight excluding hydrogens is 406 g/mol. The fourth-order valence-corrected chi connectivity index (χ4v) is 4.29. The quantitative estimate of drug-likeness (QED) is 0.752. The molecule has 0 aromatic carbocycles. The van der Waals surface area contributed by atoms with Crippen molar-refractivity contribution in [3.05, 3.63) is 29.0 Å². The highest BCUT2D eigenvalue weighted by atomic mass is 79.9. The van der Waals surface area contributed by atoms with Crippen LogP contribution in [0.1, 0.15) is 25.7 Å². The number of nitrogens with one attached hydrogen (secondary N) is 2. The van der Waals surface area contributed by atoms with Gasteiger partial charge >= 0.3 is 0 Å².